The summed E-state index contributed by atoms with van der Waals surface area (Å²) in [6, 6.07) is 11.4. The molecule has 3 rings (SSSR count). The maximum atomic E-state index is 5.50. The lowest BCUT2D eigenvalue weighted by atomic mass is 10.2. The number of pyridine rings is 1. The lowest BCUT2D eigenvalue weighted by molar-refractivity contribution is 0.391. The van der Waals surface area contributed by atoms with Gasteiger partial charge in [-0.05, 0) is 38.1 Å². The molecule has 6 heteroatoms. The molecule has 0 saturated carbocycles. The van der Waals surface area contributed by atoms with Gasteiger partial charge in [0.15, 0.2) is 5.82 Å². The molecule has 0 aliphatic heterocycles. The van der Waals surface area contributed by atoms with Crippen molar-refractivity contribution >= 4 is 0 Å². The summed E-state index contributed by atoms with van der Waals surface area (Å²) in [5.74, 6) is 2.74. The molecule has 0 aliphatic carbocycles. The monoisotopic (exact) mass is 310 g/mol. The van der Waals surface area contributed by atoms with Crippen molar-refractivity contribution in [3.05, 3.63) is 47.9 Å². The minimum Gasteiger partial charge on any atom is -0.494 e. The van der Waals surface area contributed by atoms with E-state index >= 15 is 0 Å². The van der Waals surface area contributed by atoms with Crippen LogP contribution in [0.2, 0.25) is 0 Å². The molecule has 0 unspecified atom stereocenters. The summed E-state index contributed by atoms with van der Waals surface area (Å²) in [5.41, 5.74) is 2.43. The smallest absolute Gasteiger partial charge is 0.187 e. The van der Waals surface area contributed by atoms with Gasteiger partial charge in [0.1, 0.15) is 28.7 Å². The highest BCUT2D eigenvalue weighted by Crippen LogP contribution is 2.35. The maximum absolute atomic E-state index is 5.50. The van der Waals surface area contributed by atoms with Crippen molar-refractivity contribution in [1.29, 1.82) is 0 Å². The van der Waals surface area contributed by atoms with E-state index in [1.807, 2.05) is 54.8 Å². The molecule has 23 heavy (non-hydrogen) atoms. The van der Waals surface area contributed by atoms with E-state index in [2.05, 4.69) is 15.2 Å². The van der Waals surface area contributed by atoms with Gasteiger partial charge < -0.3 is 9.47 Å². The van der Waals surface area contributed by atoms with Crippen LogP contribution < -0.4 is 9.47 Å². The van der Waals surface area contributed by atoms with Gasteiger partial charge in [-0.3, -0.25) is 4.57 Å². The van der Waals surface area contributed by atoms with Crippen molar-refractivity contribution < 1.29 is 9.47 Å². The first-order chi connectivity index (χ1) is 11.2. The summed E-state index contributed by atoms with van der Waals surface area (Å²) < 4.78 is 12.9. The summed E-state index contributed by atoms with van der Waals surface area (Å²) in [7, 11) is 3.26. The number of benzene rings is 1. The lowest BCUT2D eigenvalue weighted by Crippen LogP contribution is -2.05. The minimum atomic E-state index is 0.647. The second kappa shape index (κ2) is 6.08. The zero-order chi connectivity index (χ0) is 16.4. The molecular formula is C17H18N4O2. The zero-order valence-electron chi connectivity index (χ0n) is 13.6. The van der Waals surface area contributed by atoms with Crippen LogP contribution >= 0.6 is 0 Å². The summed E-state index contributed by atoms with van der Waals surface area (Å²) in [6.45, 7) is 3.83. The maximum Gasteiger partial charge on any atom is 0.187 e. The molecule has 0 fully saturated rings. The summed E-state index contributed by atoms with van der Waals surface area (Å²) in [4.78, 5) is 4.55. The van der Waals surface area contributed by atoms with Crippen LogP contribution in [0.5, 0.6) is 11.5 Å². The molecule has 2 heterocycles. The first-order valence-electron chi connectivity index (χ1n) is 7.23. The molecule has 1 aromatic carbocycles. The van der Waals surface area contributed by atoms with E-state index in [0.29, 0.717) is 17.3 Å². The van der Waals surface area contributed by atoms with Crippen molar-refractivity contribution in [2.45, 2.75) is 13.8 Å². The third kappa shape index (κ3) is 2.63. The number of para-hydroxylation sites is 1. The molecule has 0 atom stereocenters. The Balaban J connectivity index is 2.29. The Morgan fingerprint density at radius 3 is 2.13 bits per heavy atom. The zero-order valence-corrected chi connectivity index (χ0v) is 13.6. The van der Waals surface area contributed by atoms with Gasteiger partial charge >= 0.3 is 0 Å². The molecule has 0 aliphatic rings. The predicted octanol–water partition coefficient (Wildman–Crippen LogP) is 2.96. The molecule has 0 saturated heterocycles. The van der Waals surface area contributed by atoms with E-state index in [1.54, 1.807) is 14.2 Å². The van der Waals surface area contributed by atoms with Gasteiger partial charge in [-0.25, -0.2) is 4.98 Å². The van der Waals surface area contributed by atoms with E-state index in [4.69, 9.17) is 9.47 Å². The van der Waals surface area contributed by atoms with Crippen LogP contribution in [0.4, 0.5) is 0 Å². The highest BCUT2D eigenvalue weighted by Gasteiger charge is 2.20. The summed E-state index contributed by atoms with van der Waals surface area (Å²) in [5, 5.41) is 8.51. The minimum absolute atomic E-state index is 0.647. The second-order valence-electron chi connectivity index (χ2n) is 5.08. The Morgan fingerprint density at radius 2 is 1.52 bits per heavy atom. The fraction of sp³-hybridized carbons (Fsp3) is 0.235. The number of hydrogen-bond acceptors (Lipinski definition) is 5. The molecule has 0 spiro atoms. The number of nitrogens with zero attached hydrogens (tertiary/aromatic N) is 4. The molecule has 0 bridgehead atoms. The number of aryl methyl sites for hydroxylation is 2. The Bertz CT molecular complexity index is 820. The normalized spacial score (nSPS) is 10.6. The Labute approximate surface area is 134 Å². The van der Waals surface area contributed by atoms with Crippen molar-refractivity contribution in [2.75, 3.05) is 14.2 Å². The summed E-state index contributed by atoms with van der Waals surface area (Å²) in [6.07, 6.45) is 0. The average molecular weight is 310 g/mol. The summed E-state index contributed by atoms with van der Waals surface area (Å²) >= 11 is 0. The van der Waals surface area contributed by atoms with E-state index in [9.17, 15) is 0 Å². The van der Waals surface area contributed by atoms with Crippen molar-refractivity contribution in [2.24, 2.45) is 0 Å². The van der Waals surface area contributed by atoms with Gasteiger partial charge in [0.2, 0.25) is 0 Å². The van der Waals surface area contributed by atoms with Gasteiger partial charge in [0.05, 0.1) is 14.2 Å². The van der Waals surface area contributed by atoms with E-state index in [0.717, 1.165) is 22.9 Å². The lowest BCUT2D eigenvalue weighted by Gasteiger charge is -2.16. The predicted molar refractivity (Wildman–Crippen MR) is 87.2 cm³/mol. The standard InChI is InChI=1S/C17H18N4O2/c1-11-7-5-8-13(18-11)17-20-19-12(2)21(17)16-14(22-3)9-6-10-15(16)23-4/h5-10H,1-4H3. The number of methoxy groups -OCH3 is 2. The van der Waals surface area contributed by atoms with E-state index < -0.39 is 0 Å². The number of ether oxygens (including phenoxy) is 2. The van der Waals surface area contributed by atoms with Gasteiger partial charge in [-0.2, -0.15) is 0 Å². The van der Waals surface area contributed by atoms with Gasteiger partial charge in [0, 0.05) is 5.69 Å². The van der Waals surface area contributed by atoms with Crippen LogP contribution in [0, 0.1) is 13.8 Å². The van der Waals surface area contributed by atoms with Crippen LogP contribution in [0.15, 0.2) is 36.4 Å². The second-order valence-corrected chi connectivity index (χ2v) is 5.08. The van der Waals surface area contributed by atoms with Crippen LogP contribution in [0.1, 0.15) is 11.5 Å². The van der Waals surface area contributed by atoms with Crippen LogP contribution in [0.3, 0.4) is 0 Å². The molecule has 3 aromatic rings. The van der Waals surface area contributed by atoms with Crippen LogP contribution in [-0.4, -0.2) is 34.0 Å². The third-order valence-electron chi connectivity index (χ3n) is 3.57. The molecule has 0 N–H and O–H groups in total. The fourth-order valence-corrected chi connectivity index (χ4v) is 2.52. The molecule has 0 radical (unpaired) electrons. The SMILES string of the molecule is COc1cccc(OC)c1-n1c(C)nnc1-c1cccc(C)n1. The van der Waals surface area contributed by atoms with Crippen LogP contribution in [0.25, 0.3) is 17.2 Å². The third-order valence-corrected chi connectivity index (χ3v) is 3.57. The van der Waals surface area contributed by atoms with Crippen molar-refractivity contribution in [1.82, 2.24) is 19.7 Å². The highest BCUT2D eigenvalue weighted by atomic mass is 16.5. The number of rotatable bonds is 4. The van der Waals surface area contributed by atoms with Crippen molar-refractivity contribution in [3.63, 3.8) is 0 Å². The topological polar surface area (TPSA) is 62.1 Å². The Hall–Kier alpha value is -2.89. The largest absolute Gasteiger partial charge is 0.494 e. The van der Waals surface area contributed by atoms with Crippen LogP contribution in [-0.2, 0) is 0 Å². The molecule has 2 aromatic heterocycles. The van der Waals surface area contributed by atoms with Crippen molar-refractivity contribution in [3.8, 4) is 28.7 Å². The van der Waals surface area contributed by atoms with Gasteiger partial charge in [0.25, 0.3) is 0 Å². The quantitative estimate of drug-likeness (QED) is 0.741. The first-order valence-corrected chi connectivity index (χ1v) is 7.23. The molecule has 118 valence electrons. The first kappa shape index (κ1) is 15.0. The fourth-order valence-electron chi connectivity index (χ4n) is 2.52. The molecule has 0 amide bonds. The van der Waals surface area contributed by atoms with Gasteiger partial charge in [-0.1, -0.05) is 12.1 Å². The average Bonchev–Trinajstić information content (AvgIpc) is 2.95. The van der Waals surface area contributed by atoms with E-state index in [-0.39, 0.29) is 0 Å². The number of hydrogen-bond donors (Lipinski definition) is 0. The van der Waals surface area contributed by atoms with E-state index in [1.165, 1.54) is 0 Å². The molecule has 6 nitrogen and oxygen atoms in total. The highest BCUT2D eigenvalue weighted by molar-refractivity contribution is 5.63. The Kier molecular flexibility index (Phi) is 3.97. The van der Waals surface area contributed by atoms with Gasteiger partial charge in [-0.15, -0.1) is 10.2 Å². The number of aromatic nitrogens is 4. The molecular weight excluding hydrogens is 292 g/mol. The Morgan fingerprint density at radius 1 is 0.870 bits per heavy atom.